The molecule has 0 saturated carbocycles. The molecular weight excluding hydrogens is 466 g/mol. The minimum absolute atomic E-state index is 0.0120. The van der Waals surface area contributed by atoms with Crippen molar-refractivity contribution in [2.24, 2.45) is 0 Å². The number of halogens is 1. The zero-order chi connectivity index (χ0) is 24.1. The molecule has 1 atom stereocenters. The standard InChI is InChI=1S/C26H24ClN5O3/c1-3-21-30-24-22(26(33)31(21)14-16-7-6-12-35-16)23-25(29-19-9-5-4-8-18(19)28-23)32(24)15-10-11-20(34-2)17(27)13-15/h4-5,8-11,13,16H,3,6-7,12,14H2,1-2H3/t16-/m1/s1. The van der Waals surface area contributed by atoms with Crippen molar-refractivity contribution in [2.75, 3.05) is 13.7 Å². The largest absolute Gasteiger partial charge is 0.495 e. The summed E-state index contributed by atoms with van der Waals surface area (Å²) >= 11 is 6.48. The maximum absolute atomic E-state index is 14.0. The van der Waals surface area contributed by atoms with Crippen molar-refractivity contribution in [2.45, 2.75) is 38.8 Å². The quantitative estimate of drug-likeness (QED) is 0.356. The van der Waals surface area contributed by atoms with Crippen molar-refractivity contribution in [3.63, 3.8) is 0 Å². The first-order valence-corrected chi connectivity index (χ1v) is 12.1. The van der Waals surface area contributed by atoms with Crippen LogP contribution in [0.4, 0.5) is 0 Å². The third-order valence-electron chi connectivity index (χ3n) is 6.56. The zero-order valence-electron chi connectivity index (χ0n) is 19.5. The maximum atomic E-state index is 14.0. The first-order chi connectivity index (χ1) is 17.1. The lowest BCUT2D eigenvalue weighted by molar-refractivity contribution is 0.0953. The van der Waals surface area contributed by atoms with Crippen LogP contribution in [0.5, 0.6) is 5.75 Å². The van der Waals surface area contributed by atoms with Crippen LogP contribution in [-0.4, -0.2) is 43.9 Å². The molecule has 1 aliphatic rings. The number of ether oxygens (including phenoxy) is 2. The van der Waals surface area contributed by atoms with Crippen LogP contribution in [0.3, 0.4) is 0 Å². The molecule has 8 nitrogen and oxygen atoms in total. The lowest BCUT2D eigenvalue weighted by Crippen LogP contribution is -2.30. The Morgan fingerprint density at radius 3 is 2.60 bits per heavy atom. The van der Waals surface area contributed by atoms with Crippen LogP contribution in [0.2, 0.25) is 5.02 Å². The fourth-order valence-corrected chi connectivity index (χ4v) is 5.11. The van der Waals surface area contributed by atoms with Gasteiger partial charge in [0.1, 0.15) is 22.5 Å². The van der Waals surface area contributed by atoms with E-state index < -0.39 is 0 Å². The van der Waals surface area contributed by atoms with E-state index >= 15 is 0 Å². The molecule has 9 heteroatoms. The molecular formula is C26H24ClN5O3. The Morgan fingerprint density at radius 2 is 1.91 bits per heavy atom. The minimum atomic E-state index is -0.129. The van der Waals surface area contributed by atoms with Gasteiger partial charge in [-0.15, -0.1) is 0 Å². The smallest absolute Gasteiger partial charge is 0.265 e. The van der Waals surface area contributed by atoms with E-state index in [-0.39, 0.29) is 11.7 Å². The number of methoxy groups -OCH3 is 1. The lowest BCUT2D eigenvalue weighted by Gasteiger charge is -2.16. The molecule has 0 spiro atoms. The first-order valence-electron chi connectivity index (χ1n) is 11.7. The second-order valence-corrected chi connectivity index (χ2v) is 9.08. The SMILES string of the molecule is CCc1nc2c(c(=O)n1C[C@H]1CCCO1)c1nc3ccccc3nc1n2-c1ccc(OC)c(Cl)c1. The molecule has 6 rings (SSSR count). The third kappa shape index (κ3) is 3.56. The molecule has 0 N–H and O–H groups in total. The predicted molar refractivity (Wildman–Crippen MR) is 136 cm³/mol. The predicted octanol–water partition coefficient (Wildman–Crippen LogP) is 4.69. The molecule has 4 heterocycles. The molecule has 0 amide bonds. The molecule has 3 aromatic heterocycles. The highest BCUT2D eigenvalue weighted by Gasteiger charge is 2.25. The van der Waals surface area contributed by atoms with E-state index in [9.17, 15) is 4.79 Å². The number of nitrogens with zero attached hydrogens (tertiary/aromatic N) is 5. The normalized spacial score (nSPS) is 16.0. The Kier molecular flexibility index (Phi) is 5.42. The molecule has 0 radical (unpaired) electrons. The van der Waals surface area contributed by atoms with E-state index in [0.29, 0.717) is 51.8 Å². The van der Waals surface area contributed by atoms with Gasteiger partial charge in [0.25, 0.3) is 5.56 Å². The topological polar surface area (TPSA) is 84.1 Å². The van der Waals surface area contributed by atoms with Crippen molar-refractivity contribution in [3.05, 3.63) is 63.7 Å². The number of para-hydroxylation sites is 2. The van der Waals surface area contributed by atoms with Gasteiger partial charge in [0.05, 0.1) is 41.5 Å². The van der Waals surface area contributed by atoms with Gasteiger partial charge in [0.15, 0.2) is 11.3 Å². The highest BCUT2D eigenvalue weighted by Crippen LogP contribution is 2.32. The molecule has 1 saturated heterocycles. The van der Waals surface area contributed by atoms with Crippen molar-refractivity contribution >= 4 is 44.8 Å². The number of fused-ring (bicyclic) bond motifs is 4. The summed E-state index contributed by atoms with van der Waals surface area (Å²) in [6, 6.07) is 13.1. The number of aryl methyl sites for hydroxylation is 1. The molecule has 0 aliphatic carbocycles. The average molecular weight is 490 g/mol. The van der Waals surface area contributed by atoms with Crippen molar-refractivity contribution in [3.8, 4) is 11.4 Å². The molecule has 0 bridgehead atoms. The summed E-state index contributed by atoms with van der Waals surface area (Å²) in [5.74, 6) is 1.26. The van der Waals surface area contributed by atoms with E-state index in [2.05, 4.69) is 0 Å². The van der Waals surface area contributed by atoms with Crippen LogP contribution in [0.1, 0.15) is 25.6 Å². The summed E-state index contributed by atoms with van der Waals surface area (Å²) in [6.45, 7) is 3.21. The summed E-state index contributed by atoms with van der Waals surface area (Å²) in [5.41, 5.74) is 3.65. The molecule has 1 aliphatic heterocycles. The summed E-state index contributed by atoms with van der Waals surface area (Å²) in [5, 5.41) is 0.900. The minimum Gasteiger partial charge on any atom is -0.495 e. The van der Waals surface area contributed by atoms with Crippen LogP contribution in [0.25, 0.3) is 38.9 Å². The first kappa shape index (κ1) is 22.0. The van der Waals surface area contributed by atoms with Crippen molar-refractivity contribution in [1.29, 1.82) is 0 Å². The number of aromatic nitrogens is 5. The highest BCUT2D eigenvalue weighted by atomic mass is 35.5. The maximum Gasteiger partial charge on any atom is 0.265 e. The van der Waals surface area contributed by atoms with Crippen LogP contribution in [0.15, 0.2) is 47.3 Å². The third-order valence-corrected chi connectivity index (χ3v) is 6.86. The molecule has 178 valence electrons. The van der Waals surface area contributed by atoms with Gasteiger partial charge in [0.2, 0.25) is 0 Å². The fourth-order valence-electron chi connectivity index (χ4n) is 4.86. The van der Waals surface area contributed by atoms with E-state index in [0.717, 1.165) is 36.2 Å². The van der Waals surface area contributed by atoms with Crippen LogP contribution < -0.4 is 10.3 Å². The van der Waals surface area contributed by atoms with E-state index in [4.69, 9.17) is 36.0 Å². The monoisotopic (exact) mass is 489 g/mol. The molecule has 35 heavy (non-hydrogen) atoms. The number of hydrogen-bond acceptors (Lipinski definition) is 6. The second kappa shape index (κ2) is 8.62. The summed E-state index contributed by atoms with van der Waals surface area (Å²) in [7, 11) is 1.57. The molecule has 2 aromatic carbocycles. The van der Waals surface area contributed by atoms with Gasteiger partial charge in [0, 0.05) is 13.0 Å². The van der Waals surface area contributed by atoms with Gasteiger partial charge >= 0.3 is 0 Å². The van der Waals surface area contributed by atoms with E-state index in [1.807, 2.05) is 41.8 Å². The summed E-state index contributed by atoms with van der Waals surface area (Å²) in [6.07, 6.45) is 2.55. The second-order valence-electron chi connectivity index (χ2n) is 8.67. The van der Waals surface area contributed by atoms with Gasteiger partial charge in [-0.2, -0.15) is 0 Å². The van der Waals surface area contributed by atoms with Gasteiger partial charge in [-0.3, -0.25) is 13.9 Å². The molecule has 0 unspecified atom stereocenters. The zero-order valence-corrected chi connectivity index (χ0v) is 20.2. The molecule has 5 aromatic rings. The van der Waals surface area contributed by atoms with Gasteiger partial charge in [-0.25, -0.2) is 15.0 Å². The van der Waals surface area contributed by atoms with E-state index in [1.54, 1.807) is 23.8 Å². The Bertz CT molecular complexity index is 1650. The average Bonchev–Trinajstić information content (AvgIpc) is 3.49. The number of hydrogen-bond donors (Lipinski definition) is 0. The Morgan fingerprint density at radius 1 is 1.11 bits per heavy atom. The number of benzene rings is 2. The van der Waals surface area contributed by atoms with E-state index in [1.165, 1.54) is 0 Å². The van der Waals surface area contributed by atoms with Crippen LogP contribution in [-0.2, 0) is 17.7 Å². The Balaban J connectivity index is 1.72. The number of rotatable bonds is 5. The summed E-state index contributed by atoms with van der Waals surface area (Å²) in [4.78, 5) is 28.8. The Hall–Kier alpha value is -3.49. The lowest BCUT2D eigenvalue weighted by atomic mass is 10.2. The van der Waals surface area contributed by atoms with Crippen molar-refractivity contribution in [1.82, 2.24) is 24.1 Å². The highest BCUT2D eigenvalue weighted by molar-refractivity contribution is 6.32. The summed E-state index contributed by atoms with van der Waals surface area (Å²) < 4.78 is 14.8. The van der Waals surface area contributed by atoms with Crippen LogP contribution >= 0.6 is 11.6 Å². The van der Waals surface area contributed by atoms with Crippen molar-refractivity contribution < 1.29 is 9.47 Å². The van der Waals surface area contributed by atoms with Gasteiger partial charge < -0.3 is 9.47 Å². The molecule has 1 fully saturated rings. The fraction of sp³-hybridized carbons (Fsp3) is 0.308. The van der Waals surface area contributed by atoms with Gasteiger partial charge in [-0.1, -0.05) is 30.7 Å². The Labute approximate surface area is 206 Å². The van der Waals surface area contributed by atoms with Gasteiger partial charge in [-0.05, 0) is 43.2 Å². The van der Waals surface area contributed by atoms with Crippen LogP contribution in [0, 0.1) is 0 Å².